The van der Waals surface area contributed by atoms with E-state index in [0.717, 1.165) is 44.4 Å². The highest BCUT2D eigenvalue weighted by Gasteiger charge is 2.33. The van der Waals surface area contributed by atoms with Crippen molar-refractivity contribution in [3.63, 3.8) is 0 Å². The highest BCUT2D eigenvalue weighted by atomic mass is 16.4. The summed E-state index contributed by atoms with van der Waals surface area (Å²) in [6.07, 6.45) is 14.2. The number of aliphatic hydroxyl groups excluding tert-OH is 1. The number of carboxylic acids is 1. The molecule has 0 amide bonds. The van der Waals surface area contributed by atoms with Gasteiger partial charge in [-0.25, -0.2) is 0 Å². The molecule has 0 aromatic heterocycles. The first-order valence-electron chi connectivity index (χ1n) is 9.05. The van der Waals surface area contributed by atoms with Gasteiger partial charge in [-0.2, -0.15) is 0 Å². The fourth-order valence-corrected chi connectivity index (χ4v) is 3.76. The largest absolute Gasteiger partial charge is 0.481 e. The molecular weight excluding hydrogens is 264 g/mol. The minimum atomic E-state index is -0.687. The Morgan fingerprint density at radius 3 is 2.33 bits per heavy atom. The van der Waals surface area contributed by atoms with Crippen LogP contribution in [0.5, 0.6) is 0 Å². The number of unbranched alkanes of at least 4 members (excludes halogenated alkanes) is 6. The van der Waals surface area contributed by atoms with Crippen molar-refractivity contribution in [3.8, 4) is 0 Å². The Bertz CT molecular complexity index is 278. The van der Waals surface area contributed by atoms with Gasteiger partial charge in [0.1, 0.15) is 0 Å². The molecule has 1 aliphatic rings. The number of aliphatic hydroxyl groups is 1. The van der Waals surface area contributed by atoms with Crippen molar-refractivity contribution in [2.75, 3.05) is 0 Å². The highest BCUT2D eigenvalue weighted by Crippen LogP contribution is 2.38. The summed E-state index contributed by atoms with van der Waals surface area (Å²) in [6, 6.07) is 0. The van der Waals surface area contributed by atoms with Gasteiger partial charge in [-0.1, -0.05) is 58.3 Å². The molecule has 1 saturated carbocycles. The van der Waals surface area contributed by atoms with Gasteiger partial charge in [-0.05, 0) is 37.5 Å². The first kappa shape index (κ1) is 18.5. The molecule has 0 saturated heterocycles. The number of hydrogen-bond donors (Lipinski definition) is 2. The molecular formula is C18H34O3. The second-order valence-corrected chi connectivity index (χ2v) is 6.76. The van der Waals surface area contributed by atoms with Gasteiger partial charge in [-0.15, -0.1) is 0 Å². The summed E-state index contributed by atoms with van der Waals surface area (Å²) in [5.74, 6) is 0.551. The highest BCUT2D eigenvalue weighted by molar-refractivity contribution is 5.66. The van der Waals surface area contributed by atoms with E-state index in [4.69, 9.17) is 5.11 Å². The number of carboxylic acid groups (broad SMARTS) is 1. The van der Waals surface area contributed by atoms with Gasteiger partial charge in [0.15, 0.2) is 0 Å². The summed E-state index contributed by atoms with van der Waals surface area (Å²) >= 11 is 0. The van der Waals surface area contributed by atoms with E-state index in [9.17, 15) is 9.90 Å². The lowest BCUT2D eigenvalue weighted by molar-refractivity contribution is -0.137. The number of carbonyl (C=O) groups is 1. The van der Waals surface area contributed by atoms with Crippen LogP contribution in [0, 0.1) is 11.8 Å². The Labute approximate surface area is 130 Å². The van der Waals surface area contributed by atoms with Crippen molar-refractivity contribution in [3.05, 3.63) is 0 Å². The maximum atomic E-state index is 10.4. The average Bonchev–Trinajstić information content (AvgIpc) is 2.79. The van der Waals surface area contributed by atoms with Crippen molar-refractivity contribution >= 4 is 5.97 Å². The molecule has 0 aromatic carbocycles. The topological polar surface area (TPSA) is 57.5 Å². The number of hydrogen-bond acceptors (Lipinski definition) is 2. The third kappa shape index (κ3) is 7.85. The lowest BCUT2D eigenvalue weighted by atomic mass is 9.86. The minimum Gasteiger partial charge on any atom is -0.481 e. The first-order chi connectivity index (χ1) is 10.1. The van der Waals surface area contributed by atoms with Crippen LogP contribution >= 0.6 is 0 Å². The summed E-state index contributed by atoms with van der Waals surface area (Å²) in [7, 11) is 0. The Hall–Kier alpha value is -0.570. The molecule has 0 spiro atoms. The van der Waals surface area contributed by atoms with Crippen LogP contribution in [0.25, 0.3) is 0 Å². The van der Waals surface area contributed by atoms with Crippen molar-refractivity contribution < 1.29 is 15.0 Å². The summed E-state index contributed by atoms with van der Waals surface area (Å²) in [5.41, 5.74) is 0. The summed E-state index contributed by atoms with van der Waals surface area (Å²) < 4.78 is 0. The zero-order valence-corrected chi connectivity index (χ0v) is 13.7. The number of aliphatic carboxylic acids is 1. The first-order valence-corrected chi connectivity index (χ1v) is 9.05. The van der Waals surface area contributed by atoms with Crippen molar-refractivity contribution in [1.82, 2.24) is 0 Å². The summed E-state index contributed by atoms with van der Waals surface area (Å²) in [5, 5.41) is 18.8. The van der Waals surface area contributed by atoms with E-state index in [2.05, 4.69) is 6.92 Å². The van der Waals surface area contributed by atoms with Crippen molar-refractivity contribution in [2.45, 2.75) is 96.5 Å². The van der Waals surface area contributed by atoms with Gasteiger partial charge in [0.2, 0.25) is 0 Å². The van der Waals surface area contributed by atoms with E-state index in [1.165, 1.54) is 38.5 Å². The fourth-order valence-electron chi connectivity index (χ4n) is 3.76. The molecule has 2 N–H and O–H groups in total. The quantitative estimate of drug-likeness (QED) is 0.510. The molecule has 3 nitrogen and oxygen atoms in total. The van der Waals surface area contributed by atoms with Gasteiger partial charge in [0, 0.05) is 6.42 Å². The minimum absolute atomic E-state index is 0.0832. The van der Waals surface area contributed by atoms with Crippen LogP contribution in [-0.4, -0.2) is 22.3 Å². The predicted octanol–water partition coefficient (Wildman–Crippen LogP) is 4.77. The summed E-state index contributed by atoms with van der Waals surface area (Å²) in [6.45, 7) is 2.24. The van der Waals surface area contributed by atoms with Gasteiger partial charge in [0.25, 0.3) is 0 Å². The monoisotopic (exact) mass is 298 g/mol. The Balaban J connectivity index is 2.13. The van der Waals surface area contributed by atoms with Crippen LogP contribution in [0.1, 0.15) is 90.4 Å². The van der Waals surface area contributed by atoms with Crippen LogP contribution < -0.4 is 0 Å². The molecule has 124 valence electrons. The van der Waals surface area contributed by atoms with Gasteiger partial charge in [0.05, 0.1) is 6.10 Å². The van der Waals surface area contributed by atoms with E-state index in [0.29, 0.717) is 12.3 Å². The number of rotatable bonds is 12. The lowest BCUT2D eigenvalue weighted by Crippen LogP contribution is -2.19. The van der Waals surface area contributed by atoms with Crippen LogP contribution in [0.3, 0.4) is 0 Å². The van der Waals surface area contributed by atoms with E-state index in [1.54, 1.807) is 0 Å². The Morgan fingerprint density at radius 2 is 1.62 bits per heavy atom. The maximum Gasteiger partial charge on any atom is 0.303 e. The smallest absolute Gasteiger partial charge is 0.303 e. The normalized spacial score (nSPS) is 25.3. The summed E-state index contributed by atoms with van der Waals surface area (Å²) in [4.78, 5) is 10.4. The van der Waals surface area contributed by atoms with Crippen molar-refractivity contribution in [2.24, 2.45) is 11.8 Å². The fraction of sp³-hybridized carbons (Fsp3) is 0.944. The predicted molar refractivity (Wildman–Crippen MR) is 86.3 cm³/mol. The zero-order chi connectivity index (χ0) is 15.5. The molecule has 3 atom stereocenters. The molecule has 1 rings (SSSR count). The van der Waals surface area contributed by atoms with E-state index in [-0.39, 0.29) is 6.10 Å². The van der Waals surface area contributed by atoms with Gasteiger partial charge >= 0.3 is 5.97 Å². The second kappa shape index (κ2) is 11.1. The van der Waals surface area contributed by atoms with E-state index >= 15 is 0 Å². The molecule has 3 heteroatoms. The molecule has 0 aromatic rings. The van der Waals surface area contributed by atoms with Gasteiger partial charge < -0.3 is 10.2 Å². The van der Waals surface area contributed by atoms with Crippen LogP contribution in [0.2, 0.25) is 0 Å². The molecule has 1 unspecified atom stereocenters. The Kier molecular flexibility index (Phi) is 9.73. The second-order valence-electron chi connectivity index (χ2n) is 6.76. The van der Waals surface area contributed by atoms with Gasteiger partial charge in [-0.3, -0.25) is 4.79 Å². The standard InChI is InChI=1S/C18H34O3/c1-2-3-4-7-10-15-13-14-17(19)16(15)11-8-5-6-9-12-18(20)21/h15-17,19H,2-14H2,1H3,(H,20,21)/t15-,16+,17?/m1/s1. The molecule has 0 heterocycles. The molecule has 1 aliphatic carbocycles. The van der Waals surface area contributed by atoms with E-state index in [1.807, 2.05) is 0 Å². The molecule has 1 fully saturated rings. The molecule has 0 radical (unpaired) electrons. The maximum absolute atomic E-state index is 10.4. The van der Waals surface area contributed by atoms with Crippen LogP contribution in [0.15, 0.2) is 0 Å². The van der Waals surface area contributed by atoms with Crippen LogP contribution in [-0.2, 0) is 4.79 Å². The Morgan fingerprint density at radius 1 is 0.952 bits per heavy atom. The van der Waals surface area contributed by atoms with Crippen molar-refractivity contribution in [1.29, 1.82) is 0 Å². The SMILES string of the molecule is CCCCCC[C@@H]1CCC(O)[C@H]1CCCCCCC(=O)O. The zero-order valence-electron chi connectivity index (χ0n) is 13.7. The molecule has 0 aliphatic heterocycles. The third-order valence-electron chi connectivity index (χ3n) is 5.04. The molecule has 0 bridgehead atoms. The van der Waals surface area contributed by atoms with Crippen LogP contribution in [0.4, 0.5) is 0 Å². The molecule has 21 heavy (non-hydrogen) atoms. The lowest BCUT2D eigenvalue weighted by Gasteiger charge is -2.22. The average molecular weight is 298 g/mol. The third-order valence-corrected chi connectivity index (χ3v) is 5.04. The van der Waals surface area contributed by atoms with E-state index < -0.39 is 5.97 Å².